The van der Waals surface area contributed by atoms with E-state index in [2.05, 4.69) is 16.4 Å². The lowest BCUT2D eigenvalue weighted by molar-refractivity contribution is 0.565. The smallest absolute Gasteiger partial charge is 0.247 e. The average molecular weight is 529 g/mol. The predicted octanol–water partition coefficient (Wildman–Crippen LogP) is 6.48. The van der Waals surface area contributed by atoms with Crippen LogP contribution < -0.4 is 26.3 Å². The van der Waals surface area contributed by atoms with Crippen LogP contribution in [0.25, 0.3) is 0 Å². The van der Waals surface area contributed by atoms with Crippen LogP contribution in [0.2, 0.25) is 0 Å². The summed E-state index contributed by atoms with van der Waals surface area (Å²) >= 11 is 0. The van der Waals surface area contributed by atoms with E-state index in [-0.39, 0.29) is 6.04 Å². The molecule has 0 spiro atoms. The number of benzene rings is 4. The number of rotatable bonds is 9. The third kappa shape index (κ3) is 7.37. The zero-order valence-electron chi connectivity index (χ0n) is 21.4. The Balaban J connectivity index is 0.000000208. The molecule has 0 aliphatic heterocycles. The van der Waals surface area contributed by atoms with Crippen molar-refractivity contribution in [3.63, 3.8) is 0 Å². The molecule has 0 fully saturated rings. The van der Waals surface area contributed by atoms with E-state index in [1.807, 2.05) is 134 Å². The van der Waals surface area contributed by atoms with Gasteiger partial charge in [0.15, 0.2) is 0 Å². The van der Waals surface area contributed by atoms with Gasteiger partial charge in [0.2, 0.25) is 14.6 Å². The molecule has 4 nitrogen and oxygen atoms in total. The van der Waals surface area contributed by atoms with Crippen LogP contribution >= 0.6 is 14.6 Å². The average Bonchev–Trinajstić information content (AvgIpc) is 2.95. The Morgan fingerprint density at radius 3 is 1.38 bits per heavy atom. The highest BCUT2D eigenvalue weighted by molar-refractivity contribution is 7.77. The maximum atomic E-state index is 13.6. The van der Waals surface area contributed by atoms with Crippen molar-refractivity contribution in [3.8, 4) is 0 Å². The van der Waals surface area contributed by atoms with Crippen molar-refractivity contribution < 1.29 is 9.13 Å². The summed E-state index contributed by atoms with van der Waals surface area (Å²) < 4.78 is 30.8. The van der Waals surface area contributed by atoms with E-state index in [1.165, 1.54) is 0 Å². The summed E-state index contributed by atoms with van der Waals surface area (Å²) in [7, 11) is -5.66. The summed E-state index contributed by atoms with van der Waals surface area (Å²) in [5, 5.41) is 6.52. The Bertz CT molecular complexity index is 1270. The highest BCUT2D eigenvalue weighted by Crippen LogP contribution is 2.44. The summed E-state index contributed by atoms with van der Waals surface area (Å²) in [6.45, 7) is 7.56. The molecular formula is C31H34N2O2P2. The Kier molecular flexibility index (Phi) is 10.6. The van der Waals surface area contributed by atoms with Gasteiger partial charge in [-0.15, -0.1) is 6.58 Å². The third-order valence-corrected chi connectivity index (χ3v) is 11.1. The first kappa shape index (κ1) is 28.3. The van der Waals surface area contributed by atoms with Crippen LogP contribution in [0, 0.1) is 0 Å². The first-order valence-corrected chi connectivity index (χ1v) is 15.6. The van der Waals surface area contributed by atoms with Gasteiger partial charge in [-0.05, 0) is 68.8 Å². The van der Waals surface area contributed by atoms with Crippen molar-refractivity contribution in [2.45, 2.75) is 26.3 Å². The Morgan fingerprint density at radius 2 is 1.05 bits per heavy atom. The Labute approximate surface area is 221 Å². The molecule has 0 aliphatic rings. The van der Waals surface area contributed by atoms with E-state index in [9.17, 15) is 9.13 Å². The summed E-state index contributed by atoms with van der Waals surface area (Å²) in [5.41, 5.74) is 0. The SMILES string of the molecule is C=CCC(C)NP(=O)(c1ccccc1)c1ccccc1.CC=NP(=O)(c1ccccc1)c1ccccc1. The fraction of sp³-hybridized carbons (Fsp3) is 0.129. The van der Waals surface area contributed by atoms with Gasteiger partial charge in [-0.1, -0.05) is 78.9 Å². The topological polar surface area (TPSA) is 58.5 Å². The van der Waals surface area contributed by atoms with Crippen molar-refractivity contribution in [3.05, 3.63) is 134 Å². The fourth-order valence-electron chi connectivity index (χ4n) is 3.89. The highest BCUT2D eigenvalue weighted by Gasteiger charge is 2.28. The first-order valence-electron chi connectivity index (χ1n) is 12.3. The van der Waals surface area contributed by atoms with Crippen LogP contribution in [-0.2, 0) is 9.13 Å². The monoisotopic (exact) mass is 528 g/mol. The molecule has 1 N–H and O–H groups in total. The van der Waals surface area contributed by atoms with E-state index < -0.39 is 14.6 Å². The van der Waals surface area contributed by atoms with Gasteiger partial charge in [0.25, 0.3) is 0 Å². The van der Waals surface area contributed by atoms with Crippen molar-refractivity contribution >= 4 is 42.0 Å². The van der Waals surface area contributed by atoms with Crippen molar-refractivity contribution in [1.29, 1.82) is 0 Å². The molecule has 0 bridgehead atoms. The lowest BCUT2D eigenvalue weighted by Crippen LogP contribution is -2.33. The van der Waals surface area contributed by atoms with Crippen LogP contribution in [0.15, 0.2) is 139 Å². The van der Waals surface area contributed by atoms with E-state index in [1.54, 1.807) is 13.1 Å². The molecule has 4 aromatic carbocycles. The Morgan fingerprint density at radius 1 is 0.703 bits per heavy atom. The molecule has 4 rings (SSSR count). The number of nitrogens with zero attached hydrogens (tertiary/aromatic N) is 1. The third-order valence-electron chi connectivity index (χ3n) is 5.65. The molecule has 37 heavy (non-hydrogen) atoms. The molecule has 0 saturated heterocycles. The fourth-order valence-corrected chi connectivity index (χ4v) is 8.44. The van der Waals surface area contributed by atoms with Crippen molar-refractivity contribution in [2.24, 2.45) is 4.76 Å². The molecule has 0 amide bonds. The molecule has 4 aromatic rings. The molecule has 6 heteroatoms. The lowest BCUT2D eigenvalue weighted by Gasteiger charge is -2.24. The van der Waals surface area contributed by atoms with Crippen LogP contribution in [0.1, 0.15) is 20.3 Å². The van der Waals surface area contributed by atoms with Gasteiger partial charge in [0.1, 0.15) is 0 Å². The largest absolute Gasteiger partial charge is 0.297 e. The van der Waals surface area contributed by atoms with Gasteiger partial charge in [-0.2, -0.15) is 0 Å². The molecular weight excluding hydrogens is 494 g/mol. The minimum Gasteiger partial charge on any atom is -0.297 e. The molecule has 0 aliphatic carbocycles. The molecule has 0 aromatic heterocycles. The molecule has 1 unspecified atom stereocenters. The van der Waals surface area contributed by atoms with Crippen LogP contribution in [0.3, 0.4) is 0 Å². The van der Waals surface area contributed by atoms with Gasteiger partial charge >= 0.3 is 0 Å². The van der Waals surface area contributed by atoms with E-state index in [0.29, 0.717) is 0 Å². The van der Waals surface area contributed by atoms with E-state index in [0.717, 1.165) is 27.6 Å². The Hall–Kier alpha value is -3.29. The van der Waals surface area contributed by atoms with Crippen LogP contribution in [0.5, 0.6) is 0 Å². The summed E-state index contributed by atoms with van der Waals surface area (Å²) in [6, 6.07) is 38.2. The van der Waals surface area contributed by atoms with Crippen LogP contribution in [0.4, 0.5) is 0 Å². The number of nitrogens with one attached hydrogen (secondary N) is 1. The quantitative estimate of drug-likeness (QED) is 0.154. The minimum atomic E-state index is -2.85. The summed E-state index contributed by atoms with van der Waals surface area (Å²) in [4.78, 5) is 0. The minimum absolute atomic E-state index is 0.110. The summed E-state index contributed by atoms with van der Waals surface area (Å²) in [5.74, 6) is 0. The zero-order chi connectivity index (χ0) is 26.6. The zero-order valence-corrected chi connectivity index (χ0v) is 23.1. The van der Waals surface area contributed by atoms with E-state index in [4.69, 9.17) is 0 Å². The number of hydrogen-bond acceptors (Lipinski definition) is 2. The second kappa shape index (κ2) is 13.9. The van der Waals surface area contributed by atoms with Crippen LogP contribution in [-0.4, -0.2) is 12.3 Å². The van der Waals surface area contributed by atoms with Gasteiger partial charge in [-0.3, -0.25) is 14.2 Å². The molecule has 0 saturated carbocycles. The predicted molar refractivity (Wildman–Crippen MR) is 161 cm³/mol. The standard InChI is InChI=1S/C17H20NOP.C14H14NOP/c1-3-10-15(2)18-20(19,16-11-6-4-7-12-16)17-13-8-5-9-14-17;1-2-15-17(16,13-9-5-3-6-10-13)14-11-7-4-8-12-14/h3-9,11-15H,1,10H2,2H3,(H,18,19);2-12H,1H3. The van der Waals surface area contributed by atoms with Crippen molar-refractivity contribution in [1.82, 2.24) is 5.09 Å². The van der Waals surface area contributed by atoms with Gasteiger partial charge in [0.05, 0.1) is 0 Å². The van der Waals surface area contributed by atoms with Crippen molar-refractivity contribution in [2.75, 3.05) is 0 Å². The number of hydrogen-bond donors (Lipinski definition) is 1. The maximum Gasteiger partial charge on any atom is 0.247 e. The lowest BCUT2D eigenvalue weighted by atomic mass is 10.3. The maximum absolute atomic E-state index is 13.6. The second-order valence-corrected chi connectivity index (χ2v) is 13.4. The molecule has 0 heterocycles. The van der Waals surface area contributed by atoms with Gasteiger partial charge in [-0.25, -0.2) is 4.76 Å². The normalized spacial score (nSPS) is 12.4. The second-order valence-electron chi connectivity index (χ2n) is 8.46. The summed E-state index contributed by atoms with van der Waals surface area (Å²) in [6.07, 6.45) is 4.24. The molecule has 0 radical (unpaired) electrons. The highest BCUT2D eigenvalue weighted by atomic mass is 31.2. The van der Waals surface area contributed by atoms with Gasteiger partial charge in [0, 0.05) is 33.5 Å². The molecule has 1 atom stereocenters. The molecule has 190 valence electrons. The first-order chi connectivity index (χ1) is 17.9. The van der Waals surface area contributed by atoms with E-state index >= 15 is 0 Å². The van der Waals surface area contributed by atoms with Gasteiger partial charge < -0.3 is 0 Å².